The maximum atomic E-state index is 11.3. The first-order valence-electron chi connectivity index (χ1n) is 9.57. The van der Waals surface area contributed by atoms with Crippen molar-refractivity contribution < 1.29 is 9.59 Å². The summed E-state index contributed by atoms with van der Waals surface area (Å²) in [6.45, 7) is 8.19. The van der Waals surface area contributed by atoms with Crippen molar-refractivity contribution in [3.63, 3.8) is 0 Å². The van der Waals surface area contributed by atoms with Crippen molar-refractivity contribution in [2.45, 2.75) is 28.9 Å². The maximum absolute atomic E-state index is 11.3. The summed E-state index contributed by atoms with van der Waals surface area (Å²) in [7, 11) is 0. The predicted octanol–water partition coefficient (Wildman–Crippen LogP) is 3.59. The fourth-order valence-electron chi connectivity index (χ4n) is 2.89. The number of anilines is 2. The average Bonchev–Trinajstić information content (AvgIpc) is 2.72. The van der Waals surface area contributed by atoms with Gasteiger partial charge in [0.1, 0.15) is 0 Å². The molecular formula is C21H26N4O2S2. The minimum absolute atomic E-state index is 0.0233. The van der Waals surface area contributed by atoms with Gasteiger partial charge in [0, 0.05) is 41.7 Å². The Morgan fingerprint density at radius 2 is 1.90 bits per heavy atom. The number of amides is 2. The lowest BCUT2D eigenvalue weighted by Crippen LogP contribution is -2.39. The molecular weight excluding hydrogens is 404 g/mol. The highest BCUT2D eigenvalue weighted by Gasteiger charge is 2.22. The molecule has 2 aliphatic rings. The van der Waals surface area contributed by atoms with E-state index < -0.39 is 0 Å². The van der Waals surface area contributed by atoms with Gasteiger partial charge in [0.05, 0.1) is 10.9 Å². The second kappa shape index (κ2) is 10.7. The third-order valence-corrected chi connectivity index (χ3v) is 6.74. The van der Waals surface area contributed by atoms with E-state index in [1.54, 1.807) is 23.7 Å². The maximum Gasteiger partial charge on any atom is 0.237 e. The minimum atomic E-state index is 0.0233. The molecule has 0 radical (unpaired) electrons. The van der Waals surface area contributed by atoms with E-state index in [1.807, 2.05) is 44.2 Å². The van der Waals surface area contributed by atoms with Crippen LogP contribution in [0.4, 0.5) is 11.4 Å². The van der Waals surface area contributed by atoms with Gasteiger partial charge in [-0.1, -0.05) is 6.07 Å². The lowest BCUT2D eigenvalue weighted by atomic mass is 10.2. The molecule has 29 heavy (non-hydrogen) atoms. The molecule has 2 amide bonds. The normalized spacial score (nSPS) is 18.7. The molecule has 0 spiro atoms. The second-order valence-electron chi connectivity index (χ2n) is 6.81. The lowest BCUT2D eigenvalue weighted by molar-refractivity contribution is -0.115. The molecule has 2 aromatic carbocycles. The van der Waals surface area contributed by atoms with E-state index >= 15 is 0 Å². The Labute approximate surface area is 180 Å². The van der Waals surface area contributed by atoms with E-state index in [9.17, 15) is 9.59 Å². The van der Waals surface area contributed by atoms with E-state index in [2.05, 4.69) is 32.4 Å². The number of fused-ring (bicyclic) bond motifs is 1. The molecule has 0 bridgehead atoms. The molecule has 2 aliphatic heterocycles. The SMILES string of the molecule is Cc1ccc2c(c1)NC(=O)C(C)S2.O=CNc1ccc(SN2CCNCC2)cc1. The number of carbonyl (C=O) groups excluding carboxylic acids is 2. The van der Waals surface area contributed by atoms with E-state index in [4.69, 9.17) is 0 Å². The summed E-state index contributed by atoms with van der Waals surface area (Å²) in [5, 5.41) is 8.86. The lowest BCUT2D eigenvalue weighted by Gasteiger charge is -2.25. The fourth-order valence-corrected chi connectivity index (χ4v) is 4.74. The summed E-state index contributed by atoms with van der Waals surface area (Å²) in [5.74, 6) is 0.100. The molecule has 154 valence electrons. The van der Waals surface area contributed by atoms with Crippen LogP contribution in [0.25, 0.3) is 0 Å². The Kier molecular flexibility index (Phi) is 8.00. The molecule has 8 heteroatoms. The van der Waals surface area contributed by atoms with Gasteiger partial charge in [-0.25, -0.2) is 4.31 Å². The average molecular weight is 431 g/mol. The van der Waals surface area contributed by atoms with Gasteiger partial charge in [-0.15, -0.1) is 11.8 Å². The van der Waals surface area contributed by atoms with Crippen molar-refractivity contribution in [2.24, 2.45) is 0 Å². The van der Waals surface area contributed by atoms with Crippen LogP contribution in [-0.2, 0) is 9.59 Å². The zero-order chi connectivity index (χ0) is 20.6. The number of piperazine rings is 1. The molecule has 1 atom stereocenters. The summed E-state index contributed by atoms with van der Waals surface area (Å²) in [6, 6.07) is 14.0. The van der Waals surface area contributed by atoms with E-state index in [0.717, 1.165) is 42.4 Å². The third kappa shape index (κ3) is 6.50. The van der Waals surface area contributed by atoms with Crippen LogP contribution < -0.4 is 16.0 Å². The summed E-state index contributed by atoms with van der Waals surface area (Å²) in [4.78, 5) is 24.0. The first-order valence-corrected chi connectivity index (χ1v) is 11.2. The molecule has 1 saturated heterocycles. The quantitative estimate of drug-likeness (QED) is 0.509. The molecule has 2 heterocycles. The van der Waals surface area contributed by atoms with Gasteiger partial charge in [-0.2, -0.15) is 0 Å². The van der Waals surface area contributed by atoms with Crippen LogP contribution in [0, 0.1) is 6.92 Å². The van der Waals surface area contributed by atoms with E-state index in [-0.39, 0.29) is 11.2 Å². The minimum Gasteiger partial charge on any atom is -0.329 e. The highest BCUT2D eigenvalue weighted by atomic mass is 32.2. The van der Waals surface area contributed by atoms with Crippen molar-refractivity contribution in [2.75, 3.05) is 36.8 Å². The molecule has 0 aliphatic carbocycles. The summed E-state index contributed by atoms with van der Waals surface area (Å²) < 4.78 is 2.35. The number of hydrogen-bond acceptors (Lipinski definition) is 6. The number of nitrogens with zero attached hydrogens (tertiary/aromatic N) is 1. The first kappa shape index (κ1) is 21.7. The molecule has 1 unspecified atom stereocenters. The largest absolute Gasteiger partial charge is 0.329 e. The first-order chi connectivity index (χ1) is 14.0. The number of hydrogen-bond donors (Lipinski definition) is 3. The molecule has 1 fully saturated rings. The zero-order valence-corrected chi connectivity index (χ0v) is 18.2. The predicted molar refractivity (Wildman–Crippen MR) is 122 cm³/mol. The number of aryl methyl sites for hydroxylation is 1. The van der Waals surface area contributed by atoms with Gasteiger partial charge >= 0.3 is 0 Å². The van der Waals surface area contributed by atoms with Crippen LogP contribution in [0.2, 0.25) is 0 Å². The van der Waals surface area contributed by atoms with Crippen molar-refractivity contribution in [1.29, 1.82) is 0 Å². The molecule has 3 N–H and O–H groups in total. The van der Waals surface area contributed by atoms with Gasteiger partial charge < -0.3 is 16.0 Å². The van der Waals surface area contributed by atoms with Gasteiger partial charge in [0.15, 0.2) is 0 Å². The Hall–Kier alpha value is -2.00. The topological polar surface area (TPSA) is 73.5 Å². The van der Waals surface area contributed by atoms with Gasteiger partial charge in [0.2, 0.25) is 12.3 Å². The standard InChI is InChI=1S/C11H15N3OS.C10H11NOS/c15-9-13-10-1-3-11(4-2-10)16-14-7-5-12-6-8-14;1-6-3-4-9-8(5-6)11-10(12)7(2)13-9/h1-4,9,12H,5-8H2,(H,13,15);3-5,7H,1-2H3,(H,11,12). The van der Waals surface area contributed by atoms with E-state index in [0.29, 0.717) is 6.41 Å². The Morgan fingerprint density at radius 3 is 2.59 bits per heavy atom. The van der Waals surface area contributed by atoms with Crippen molar-refractivity contribution in [3.05, 3.63) is 48.0 Å². The van der Waals surface area contributed by atoms with Crippen LogP contribution in [0.1, 0.15) is 12.5 Å². The molecule has 6 nitrogen and oxygen atoms in total. The zero-order valence-electron chi connectivity index (χ0n) is 16.6. The third-order valence-electron chi connectivity index (χ3n) is 4.46. The van der Waals surface area contributed by atoms with Gasteiger partial charge in [0.25, 0.3) is 0 Å². The van der Waals surface area contributed by atoms with Crippen LogP contribution in [0.15, 0.2) is 52.3 Å². The number of thioether (sulfide) groups is 1. The van der Waals surface area contributed by atoms with Crippen molar-refractivity contribution >= 4 is 47.4 Å². The van der Waals surface area contributed by atoms with Crippen molar-refractivity contribution in [3.8, 4) is 0 Å². The van der Waals surface area contributed by atoms with Crippen LogP contribution in [-0.4, -0.2) is 48.1 Å². The Morgan fingerprint density at radius 1 is 1.17 bits per heavy atom. The number of carbonyl (C=O) groups is 2. The summed E-state index contributed by atoms with van der Waals surface area (Å²) >= 11 is 3.39. The highest BCUT2D eigenvalue weighted by molar-refractivity contribution is 8.01. The smallest absolute Gasteiger partial charge is 0.237 e. The Balaban J connectivity index is 0.000000169. The van der Waals surface area contributed by atoms with Crippen molar-refractivity contribution in [1.82, 2.24) is 9.62 Å². The summed E-state index contributed by atoms with van der Waals surface area (Å²) in [5.41, 5.74) is 2.96. The molecule has 0 saturated carbocycles. The second-order valence-corrected chi connectivity index (χ2v) is 9.36. The van der Waals surface area contributed by atoms with Gasteiger partial charge in [-0.3, -0.25) is 9.59 Å². The monoisotopic (exact) mass is 430 g/mol. The van der Waals surface area contributed by atoms with Crippen LogP contribution in [0.5, 0.6) is 0 Å². The number of nitrogens with one attached hydrogen (secondary N) is 3. The van der Waals surface area contributed by atoms with Gasteiger partial charge in [-0.05, 0) is 67.8 Å². The summed E-state index contributed by atoms with van der Waals surface area (Å²) in [6.07, 6.45) is 0.693. The molecule has 2 aromatic rings. The van der Waals surface area contributed by atoms with Crippen LogP contribution in [0.3, 0.4) is 0 Å². The molecule has 4 rings (SSSR count). The number of rotatable bonds is 4. The highest BCUT2D eigenvalue weighted by Crippen LogP contribution is 2.35. The molecule has 0 aromatic heterocycles. The van der Waals surface area contributed by atoms with E-state index in [1.165, 1.54) is 10.5 Å². The fraction of sp³-hybridized carbons (Fsp3) is 0.333. The Bertz CT molecular complexity index is 839. The number of benzene rings is 2. The van der Waals surface area contributed by atoms with Crippen LogP contribution >= 0.6 is 23.7 Å².